The van der Waals surface area contributed by atoms with Crippen LogP contribution in [0.5, 0.6) is 11.5 Å². The van der Waals surface area contributed by atoms with Crippen LogP contribution in [0, 0.1) is 5.92 Å². The highest BCUT2D eigenvalue weighted by atomic mass is 16.5. The monoisotopic (exact) mass is 346 g/mol. The van der Waals surface area contributed by atoms with Gasteiger partial charge >= 0.3 is 0 Å². The van der Waals surface area contributed by atoms with Crippen molar-refractivity contribution in [3.63, 3.8) is 0 Å². The molecule has 1 saturated heterocycles. The van der Waals surface area contributed by atoms with Crippen molar-refractivity contribution >= 4 is 5.91 Å². The third kappa shape index (κ3) is 4.66. The van der Waals surface area contributed by atoms with E-state index >= 15 is 0 Å². The summed E-state index contributed by atoms with van der Waals surface area (Å²) < 4.78 is 10.9. The van der Waals surface area contributed by atoms with Crippen LogP contribution in [-0.4, -0.2) is 55.6 Å². The van der Waals surface area contributed by atoms with Crippen molar-refractivity contribution in [3.05, 3.63) is 23.8 Å². The van der Waals surface area contributed by atoms with Gasteiger partial charge in [-0.1, -0.05) is 6.92 Å². The molecule has 5 nitrogen and oxygen atoms in total. The van der Waals surface area contributed by atoms with Crippen LogP contribution in [0.4, 0.5) is 0 Å². The number of methoxy groups -OCH3 is 2. The van der Waals surface area contributed by atoms with Crippen LogP contribution < -0.4 is 9.47 Å². The normalized spacial score (nSPS) is 18.5. The van der Waals surface area contributed by atoms with Gasteiger partial charge in [-0.15, -0.1) is 0 Å². The van der Waals surface area contributed by atoms with Crippen LogP contribution in [0.3, 0.4) is 0 Å². The van der Waals surface area contributed by atoms with Gasteiger partial charge in [0.05, 0.1) is 20.8 Å². The van der Waals surface area contributed by atoms with E-state index in [-0.39, 0.29) is 5.91 Å². The molecule has 1 heterocycles. The highest BCUT2D eigenvalue weighted by molar-refractivity contribution is 5.78. The topological polar surface area (TPSA) is 42.0 Å². The molecule has 2 fully saturated rings. The minimum Gasteiger partial charge on any atom is -0.497 e. The second-order valence-corrected chi connectivity index (χ2v) is 7.38. The Morgan fingerprint density at radius 3 is 2.48 bits per heavy atom. The van der Waals surface area contributed by atoms with Crippen molar-refractivity contribution in [2.45, 2.75) is 45.2 Å². The number of likely N-dealkylation sites (tertiary alicyclic amines) is 1. The van der Waals surface area contributed by atoms with E-state index in [1.54, 1.807) is 14.2 Å². The second-order valence-electron chi connectivity index (χ2n) is 7.38. The minimum atomic E-state index is 0.265. The molecule has 5 heteroatoms. The number of rotatable bonds is 7. The predicted octanol–water partition coefficient (Wildman–Crippen LogP) is 2.93. The molecule has 25 heavy (non-hydrogen) atoms. The van der Waals surface area contributed by atoms with E-state index in [1.165, 1.54) is 12.8 Å². The number of ether oxygens (including phenoxy) is 2. The van der Waals surface area contributed by atoms with Gasteiger partial charge in [-0.25, -0.2) is 0 Å². The molecule has 0 bridgehead atoms. The lowest BCUT2D eigenvalue weighted by molar-refractivity contribution is -0.134. The summed E-state index contributed by atoms with van der Waals surface area (Å²) in [4.78, 5) is 17.1. The van der Waals surface area contributed by atoms with Gasteiger partial charge in [0, 0.05) is 31.2 Å². The lowest BCUT2D eigenvalue weighted by atomic mass is 9.99. The number of carbonyl (C=O) groups excluding carboxylic acids is 1. The smallest absolute Gasteiger partial charge is 0.236 e. The maximum Gasteiger partial charge on any atom is 0.236 e. The van der Waals surface area contributed by atoms with Crippen LogP contribution in [0.1, 0.15) is 38.2 Å². The fourth-order valence-electron chi connectivity index (χ4n) is 3.51. The number of carbonyl (C=O) groups is 1. The number of hydrogen-bond acceptors (Lipinski definition) is 4. The van der Waals surface area contributed by atoms with E-state index in [0.717, 1.165) is 55.5 Å². The summed E-state index contributed by atoms with van der Waals surface area (Å²) in [5, 5.41) is 0. The molecule has 2 aliphatic rings. The molecule has 1 aliphatic heterocycles. The number of piperidine rings is 1. The summed E-state index contributed by atoms with van der Waals surface area (Å²) in [6, 6.07) is 6.38. The largest absolute Gasteiger partial charge is 0.497 e. The molecular weight excluding hydrogens is 316 g/mol. The summed E-state index contributed by atoms with van der Waals surface area (Å²) in [6.07, 6.45) is 4.60. The zero-order valence-corrected chi connectivity index (χ0v) is 15.7. The quantitative estimate of drug-likeness (QED) is 0.761. The summed E-state index contributed by atoms with van der Waals surface area (Å²) in [7, 11) is 3.36. The molecule has 0 N–H and O–H groups in total. The van der Waals surface area contributed by atoms with Gasteiger partial charge in [-0.2, -0.15) is 0 Å². The van der Waals surface area contributed by atoms with E-state index in [4.69, 9.17) is 9.47 Å². The summed E-state index contributed by atoms with van der Waals surface area (Å²) in [5.41, 5.74) is 1.08. The van der Waals surface area contributed by atoms with E-state index in [1.807, 2.05) is 23.1 Å². The Morgan fingerprint density at radius 1 is 1.16 bits per heavy atom. The Hall–Kier alpha value is -1.75. The highest BCUT2D eigenvalue weighted by Crippen LogP contribution is 2.32. The zero-order valence-electron chi connectivity index (χ0n) is 15.7. The Bertz CT molecular complexity index is 593. The molecule has 1 amide bonds. The molecule has 0 aromatic heterocycles. The summed E-state index contributed by atoms with van der Waals surface area (Å²) >= 11 is 0. The molecule has 1 aromatic carbocycles. The van der Waals surface area contributed by atoms with Crippen molar-refractivity contribution in [3.8, 4) is 11.5 Å². The lowest BCUT2D eigenvalue weighted by Crippen LogP contribution is -2.44. The first-order valence-corrected chi connectivity index (χ1v) is 9.33. The average Bonchev–Trinajstić information content (AvgIpc) is 3.46. The van der Waals surface area contributed by atoms with E-state index in [0.29, 0.717) is 12.6 Å². The molecular formula is C20H30N2O3. The van der Waals surface area contributed by atoms with Crippen molar-refractivity contribution in [1.29, 1.82) is 0 Å². The Morgan fingerprint density at radius 2 is 1.88 bits per heavy atom. The standard InChI is InChI=1S/C20H30N2O3/c1-15-8-10-21(11-9-15)20(23)14-22(17-4-5-17)13-16-12-18(24-2)6-7-19(16)25-3/h6-7,12,15,17H,4-5,8-11,13-14H2,1-3H3. The predicted molar refractivity (Wildman–Crippen MR) is 98.0 cm³/mol. The third-order valence-corrected chi connectivity index (χ3v) is 5.40. The average molecular weight is 346 g/mol. The van der Waals surface area contributed by atoms with Crippen molar-refractivity contribution in [2.24, 2.45) is 5.92 Å². The second kappa shape index (κ2) is 8.09. The number of amides is 1. The first kappa shape index (κ1) is 18.1. The molecule has 138 valence electrons. The molecule has 1 aromatic rings. The molecule has 1 aliphatic carbocycles. The zero-order chi connectivity index (χ0) is 17.8. The van der Waals surface area contributed by atoms with Gasteiger partial charge in [-0.3, -0.25) is 9.69 Å². The van der Waals surface area contributed by atoms with Crippen molar-refractivity contribution < 1.29 is 14.3 Å². The fourth-order valence-corrected chi connectivity index (χ4v) is 3.51. The van der Waals surface area contributed by atoms with Gasteiger partial charge in [0.15, 0.2) is 0 Å². The molecule has 0 atom stereocenters. The Balaban J connectivity index is 1.67. The first-order chi connectivity index (χ1) is 12.1. The van der Waals surface area contributed by atoms with Crippen molar-refractivity contribution in [1.82, 2.24) is 9.80 Å². The van der Waals surface area contributed by atoms with Crippen LogP contribution in [-0.2, 0) is 11.3 Å². The van der Waals surface area contributed by atoms with E-state index < -0.39 is 0 Å². The van der Waals surface area contributed by atoms with Crippen molar-refractivity contribution in [2.75, 3.05) is 33.9 Å². The first-order valence-electron chi connectivity index (χ1n) is 9.33. The number of nitrogens with zero attached hydrogens (tertiary/aromatic N) is 2. The minimum absolute atomic E-state index is 0.265. The lowest BCUT2D eigenvalue weighted by Gasteiger charge is -2.32. The van der Waals surface area contributed by atoms with Crippen LogP contribution >= 0.6 is 0 Å². The van der Waals surface area contributed by atoms with Gasteiger partial charge in [0.2, 0.25) is 5.91 Å². The van der Waals surface area contributed by atoms with Gasteiger partial charge in [0.1, 0.15) is 11.5 Å². The molecule has 0 radical (unpaired) electrons. The Kier molecular flexibility index (Phi) is 5.84. The van der Waals surface area contributed by atoms with Gasteiger partial charge in [-0.05, 0) is 49.8 Å². The summed E-state index contributed by atoms with van der Waals surface area (Å²) in [5.74, 6) is 2.68. The van der Waals surface area contributed by atoms with Crippen LogP contribution in [0.2, 0.25) is 0 Å². The maximum absolute atomic E-state index is 12.7. The number of hydrogen-bond donors (Lipinski definition) is 0. The summed E-state index contributed by atoms with van der Waals surface area (Å²) in [6.45, 7) is 5.30. The van der Waals surface area contributed by atoms with Crippen LogP contribution in [0.15, 0.2) is 18.2 Å². The van der Waals surface area contributed by atoms with Crippen LogP contribution in [0.25, 0.3) is 0 Å². The molecule has 1 saturated carbocycles. The highest BCUT2D eigenvalue weighted by Gasteiger charge is 2.32. The number of benzene rings is 1. The fraction of sp³-hybridized carbons (Fsp3) is 0.650. The van der Waals surface area contributed by atoms with E-state index in [2.05, 4.69) is 11.8 Å². The molecule has 3 rings (SSSR count). The van der Waals surface area contributed by atoms with E-state index in [9.17, 15) is 4.79 Å². The third-order valence-electron chi connectivity index (χ3n) is 5.40. The Labute approximate surface area is 150 Å². The molecule has 0 unspecified atom stereocenters. The molecule has 0 spiro atoms. The van der Waals surface area contributed by atoms with Gasteiger partial charge in [0.25, 0.3) is 0 Å². The van der Waals surface area contributed by atoms with Gasteiger partial charge < -0.3 is 14.4 Å². The SMILES string of the molecule is COc1ccc(OC)c(CN(CC(=O)N2CCC(C)CC2)C2CC2)c1. The maximum atomic E-state index is 12.7.